The fourth-order valence-corrected chi connectivity index (χ4v) is 11.4. The Hall–Kier alpha value is -2.78. The molecular weight excluding hydrogens is 458 g/mol. The van der Waals surface area contributed by atoms with Crippen LogP contribution >= 0.6 is 15.8 Å². The average Bonchev–Trinajstić information content (AvgIpc) is 3.36. The summed E-state index contributed by atoms with van der Waals surface area (Å²) < 4.78 is 0. The summed E-state index contributed by atoms with van der Waals surface area (Å²) >= 11 is 0. The molecule has 0 fully saturated rings. The van der Waals surface area contributed by atoms with Gasteiger partial charge < -0.3 is 0 Å². The van der Waals surface area contributed by atoms with Gasteiger partial charge in [0, 0.05) is 5.66 Å². The Kier molecular flexibility index (Phi) is 6.77. The van der Waals surface area contributed by atoms with Crippen LogP contribution in [0.2, 0.25) is 0 Å². The molecule has 6 rings (SSSR count). The maximum Gasteiger partial charge on any atom is 0.0128 e. The third-order valence-electron chi connectivity index (χ3n) is 7.14. The molecule has 2 aliphatic carbocycles. The van der Waals surface area contributed by atoms with Crippen molar-refractivity contribution in [2.75, 3.05) is 0 Å². The summed E-state index contributed by atoms with van der Waals surface area (Å²) in [6.07, 6.45) is 7.56. The Morgan fingerprint density at radius 3 is 1.49 bits per heavy atom. The van der Waals surface area contributed by atoms with Crippen LogP contribution in [0.15, 0.2) is 144 Å². The second kappa shape index (κ2) is 10.5. The number of hydrogen-bond acceptors (Lipinski definition) is 0. The maximum absolute atomic E-state index is 2.60. The first-order valence-electron chi connectivity index (χ1n) is 12.6. The first kappa shape index (κ1) is 22.7. The van der Waals surface area contributed by atoms with E-state index in [0.717, 1.165) is 6.42 Å². The second-order valence-electron chi connectivity index (χ2n) is 9.27. The van der Waals surface area contributed by atoms with Gasteiger partial charge in [-0.1, -0.05) is 133 Å². The van der Waals surface area contributed by atoms with Crippen molar-refractivity contribution in [2.24, 2.45) is 0 Å². The van der Waals surface area contributed by atoms with Crippen LogP contribution in [0.25, 0.3) is 0 Å². The first-order chi connectivity index (χ1) is 17.4. The molecule has 0 amide bonds. The largest absolute Gasteiger partial charge is 0.0718 e. The Balaban J connectivity index is 1.49. The summed E-state index contributed by atoms with van der Waals surface area (Å²) in [7, 11) is -1.05. The van der Waals surface area contributed by atoms with E-state index in [-0.39, 0.29) is 0 Å². The number of hydrogen-bond donors (Lipinski definition) is 0. The average molecular weight is 489 g/mol. The van der Waals surface area contributed by atoms with Gasteiger partial charge in [-0.3, -0.25) is 0 Å². The van der Waals surface area contributed by atoms with Crippen LogP contribution in [0.4, 0.5) is 0 Å². The molecule has 0 nitrogen and oxygen atoms in total. The lowest BCUT2D eigenvalue weighted by Crippen LogP contribution is -2.27. The molecule has 2 heteroatoms. The lowest BCUT2D eigenvalue weighted by molar-refractivity contribution is 0.687. The van der Waals surface area contributed by atoms with Crippen molar-refractivity contribution in [3.05, 3.63) is 144 Å². The minimum Gasteiger partial charge on any atom is -0.0718 e. The van der Waals surface area contributed by atoms with E-state index < -0.39 is 15.8 Å². The maximum atomic E-state index is 2.60. The first-order valence-corrected chi connectivity index (χ1v) is 15.4. The van der Waals surface area contributed by atoms with E-state index in [4.69, 9.17) is 0 Å². The van der Waals surface area contributed by atoms with E-state index in [1.807, 2.05) is 0 Å². The highest BCUT2D eigenvalue weighted by atomic mass is 31.1. The summed E-state index contributed by atoms with van der Waals surface area (Å²) in [5.41, 5.74) is 3.98. The molecule has 0 bridgehead atoms. The van der Waals surface area contributed by atoms with Crippen LogP contribution in [0.3, 0.4) is 0 Å². The van der Waals surface area contributed by atoms with Gasteiger partial charge in [-0.15, -0.1) is 0 Å². The molecule has 0 aromatic heterocycles. The summed E-state index contributed by atoms with van der Waals surface area (Å²) in [6.45, 7) is 0. The van der Waals surface area contributed by atoms with Crippen LogP contribution in [0, 0.1) is 0 Å². The van der Waals surface area contributed by atoms with E-state index >= 15 is 0 Å². The van der Waals surface area contributed by atoms with Gasteiger partial charge in [-0.2, -0.15) is 0 Å². The molecule has 2 aliphatic rings. The predicted molar refractivity (Wildman–Crippen MR) is 156 cm³/mol. The molecule has 0 N–H and O–H groups in total. The lowest BCUT2D eigenvalue weighted by atomic mass is 9.93. The molecule has 4 aromatic rings. The monoisotopic (exact) mass is 488 g/mol. The molecule has 0 aliphatic heterocycles. The Labute approximate surface area is 211 Å². The van der Waals surface area contributed by atoms with Crippen molar-refractivity contribution in [1.82, 2.24) is 0 Å². The van der Waals surface area contributed by atoms with Crippen molar-refractivity contribution in [1.29, 1.82) is 0 Å². The summed E-state index contributed by atoms with van der Waals surface area (Å²) in [4.78, 5) is 0. The number of allylic oxidation sites excluding steroid dienone is 4. The molecule has 0 unspecified atom stereocenters. The van der Waals surface area contributed by atoms with Gasteiger partial charge in [0.25, 0.3) is 0 Å². The molecule has 1 atom stereocenters. The normalized spacial score (nSPS) is 17.5. The molecule has 0 heterocycles. The third kappa shape index (κ3) is 4.59. The molecule has 0 saturated carbocycles. The SMILES string of the molecule is C1=C(P(c2ccccc2)c2ccccc2)C2=C(C1)CCC[C@@H]2P(c1ccccc1)c1ccccc1. The zero-order valence-electron chi connectivity index (χ0n) is 19.9. The highest BCUT2D eigenvalue weighted by molar-refractivity contribution is 7.77. The van der Waals surface area contributed by atoms with Crippen molar-refractivity contribution < 1.29 is 0 Å². The molecule has 0 saturated heterocycles. The zero-order valence-corrected chi connectivity index (χ0v) is 21.7. The fraction of sp³-hybridized carbons (Fsp3) is 0.152. The molecule has 0 radical (unpaired) electrons. The van der Waals surface area contributed by atoms with Gasteiger partial charge in [0.15, 0.2) is 0 Å². The van der Waals surface area contributed by atoms with Crippen LogP contribution in [0.5, 0.6) is 0 Å². The second-order valence-corrected chi connectivity index (χ2v) is 13.8. The van der Waals surface area contributed by atoms with Crippen molar-refractivity contribution in [3.8, 4) is 0 Å². The van der Waals surface area contributed by atoms with Crippen LogP contribution in [-0.4, -0.2) is 5.66 Å². The summed E-state index contributed by atoms with van der Waals surface area (Å²) in [6, 6.07) is 45.1. The van der Waals surface area contributed by atoms with Crippen LogP contribution in [-0.2, 0) is 0 Å². The van der Waals surface area contributed by atoms with Gasteiger partial charge in [-0.25, -0.2) is 0 Å². The minimum absolute atomic E-state index is 0.478. The van der Waals surface area contributed by atoms with Crippen molar-refractivity contribution in [3.63, 3.8) is 0 Å². The standard InChI is InChI=1S/C33H30P2/c1-5-15-27(16-6-1)34(28-17-7-2-8-18-28)31-23-13-14-26-24-25-32(33(26)31)35(29-19-9-3-10-20-29)30-21-11-4-12-22-30/h1-12,15-22,25,31H,13-14,23-24H2/t31-/m0/s1. The molecule has 35 heavy (non-hydrogen) atoms. The van der Waals surface area contributed by atoms with Crippen molar-refractivity contribution >= 4 is 37.1 Å². The van der Waals surface area contributed by atoms with Crippen LogP contribution in [0.1, 0.15) is 25.7 Å². The van der Waals surface area contributed by atoms with E-state index in [1.165, 1.54) is 40.5 Å². The summed E-state index contributed by atoms with van der Waals surface area (Å²) in [5, 5.41) is 7.55. The fourth-order valence-electron chi connectivity index (χ4n) is 5.65. The van der Waals surface area contributed by atoms with Crippen LogP contribution < -0.4 is 21.2 Å². The number of rotatable bonds is 6. The molecule has 0 spiro atoms. The Morgan fingerprint density at radius 1 is 0.543 bits per heavy atom. The number of benzene rings is 4. The van der Waals surface area contributed by atoms with E-state index in [2.05, 4.69) is 127 Å². The lowest BCUT2D eigenvalue weighted by Gasteiger charge is -2.36. The quantitative estimate of drug-likeness (QED) is 0.248. The van der Waals surface area contributed by atoms with Gasteiger partial charge in [-0.05, 0) is 73.6 Å². The van der Waals surface area contributed by atoms with Gasteiger partial charge in [0.2, 0.25) is 0 Å². The molecule has 172 valence electrons. The Morgan fingerprint density at radius 2 is 1.00 bits per heavy atom. The van der Waals surface area contributed by atoms with Crippen molar-refractivity contribution in [2.45, 2.75) is 31.3 Å². The van der Waals surface area contributed by atoms with Gasteiger partial charge >= 0.3 is 0 Å². The highest BCUT2D eigenvalue weighted by Gasteiger charge is 2.38. The van der Waals surface area contributed by atoms with E-state index in [1.54, 1.807) is 16.5 Å². The molecule has 4 aromatic carbocycles. The smallest absolute Gasteiger partial charge is 0.0128 e. The minimum atomic E-state index is -0.571. The highest BCUT2D eigenvalue weighted by Crippen LogP contribution is 2.59. The van der Waals surface area contributed by atoms with E-state index in [9.17, 15) is 0 Å². The third-order valence-corrected chi connectivity index (χ3v) is 12.5. The van der Waals surface area contributed by atoms with Gasteiger partial charge in [0.05, 0.1) is 0 Å². The summed E-state index contributed by atoms with van der Waals surface area (Å²) in [5.74, 6) is 0. The topological polar surface area (TPSA) is 0 Å². The predicted octanol–water partition coefficient (Wildman–Crippen LogP) is 7.39. The van der Waals surface area contributed by atoms with Gasteiger partial charge in [0.1, 0.15) is 0 Å². The molecular formula is C33H30P2. The van der Waals surface area contributed by atoms with E-state index in [0.29, 0.717) is 5.66 Å². The zero-order chi connectivity index (χ0) is 23.5. The Bertz CT molecular complexity index is 1250.